The van der Waals surface area contributed by atoms with Crippen LogP contribution in [0.25, 0.3) is 0 Å². The summed E-state index contributed by atoms with van der Waals surface area (Å²) >= 11 is 0. The Morgan fingerprint density at radius 1 is 1.30 bits per heavy atom. The minimum Gasteiger partial charge on any atom is -0.384 e. The Morgan fingerprint density at radius 2 is 1.91 bits per heavy atom. The van der Waals surface area contributed by atoms with E-state index in [1.807, 2.05) is 0 Å². The van der Waals surface area contributed by atoms with Gasteiger partial charge in [-0.15, -0.1) is 0 Å². The third-order valence-corrected chi connectivity index (χ3v) is 5.67. The minimum atomic E-state index is -3.30. The van der Waals surface area contributed by atoms with Gasteiger partial charge in [0, 0.05) is 31.8 Å². The molecule has 0 atom stereocenters. The number of ether oxygens (including phenoxy) is 1. The first-order valence-corrected chi connectivity index (χ1v) is 9.06. The van der Waals surface area contributed by atoms with Crippen molar-refractivity contribution >= 4 is 15.9 Å². The molecule has 0 saturated carbocycles. The van der Waals surface area contributed by atoms with E-state index >= 15 is 0 Å². The number of amides is 1. The number of piperidine rings is 1. The summed E-state index contributed by atoms with van der Waals surface area (Å²) in [4.78, 5) is 12.1. The lowest BCUT2D eigenvalue weighted by molar-refractivity contribution is 0.0923. The lowest BCUT2D eigenvalue weighted by atomic mass is 10.1. The Morgan fingerprint density at radius 3 is 2.48 bits per heavy atom. The quantitative estimate of drug-likeness (QED) is 0.835. The SMILES string of the molecule is COCCS(=O)(=O)N1CCC(NC(=O)c2ccc(F)cc2)CC1. The molecule has 128 valence electrons. The summed E-state index contributed by atoms with van der Waals surface area (Å²) in [5, 5.41) is 2.86. The van der Waals surface area contributed by atoms with Crippen LogP contribution in [0.3, 0.4) is 0 Å². The standard InChI is InChI=1S/C15H21FN2O4S/c1-22-10-11-23(20,21)18-8-6-14(7-9-18)17-15(19)12-2-4-13(16)5-3-12/h2-5,14H,6-11H2,1H3,(H,17,19). The van der Waals surface area contributed by atoms with Crippen LogP contribution in [-0.2, 0) is 14.8 Å². The highest BCUT2D eigenvalue weighted by Crippen LogP contribution is 2.15. The zero-order chi connectivity index (χ0) is 16.9. The molecular weight excluding hydrogens is 323 g/mol. The minimum absolute atomic E-state index is 0.0316. The fourth-order valence-electron chi connectivity index (χ4n) is 2.47. The van der Waals surface area contributed by atoms with Gasteiger partial charge in [-0.2, -0.15) is 0 Å². The van der Waals surface area contributed by atoms with Crippen LogP contribution in [0.1, 0.15) is 23.2 Å². The first kappa shape index (κ1) is 17.8. The zero-order valence-electron chi connectivity index (χ0n) is 13.0. The highest BCUT2D eigenvalue weighted by molar-refractivity contribution is 7.89. The Kier molecular flexibility index (Phi) is 6.09. The van der Waals surface area contributed by atoms with Gasteiger partial charge in [-0.3, -0.25) is 4.79 Å². The number of nitrogens with one attached hydrogen (secondary N) is 1. The summed E-state index contributed by atoms with van der Waals surface area (Å²) in [7, 11) is -1.84. The molecule has 2 rings (SSSR count). The highest BCUT2D eigenvalue weighted by atomic mass is 32.2. The third-order valence-electron chi connectivity index (χ3n) is 3.83. The number of benzene rings is 1. The molecule has 0 aromatic heterocycles. The van der Waals surface area contributed by atoms with E-state index in [0.29, 0.717) is 31.5 Å². The molecule has 6 nitrogen and oxygen atoms in total. The molecule has 1 fully saturated rings. The van der Waals surface area contributed by atoms with Crippen molar-refractivity contribution in [3.8, 4) is 0 Å². The van der Waals surface area contributed by atoms with Crippen LogP contribution < -0.4 is 5.32 Å². The topological polar surface area (TPSA) is 75.7 Å². The molecule has 1 aromatic carbocycles. The molecule has 1 amide bonds. The summed E-state index contributed by atoms with van der Waals surface area (Å²) in [6.07, 6.45) is 1.11. The van der Waals surface area contributed by atoms with Crippen LogP contribution in [0.15, 0.2) is 24.3 Å². The van der Waals surface area contributed by atoms with Crippen LogP contribution in [0.2, 0.25) is 0 Å². The number of carbonyl (C=O) groups excluding carboxylic acids is 1. The Bertz CT molecular complexity index is 625. The predicted molar refractivity (Wildman–Crippen MR) is 84.1 cm³/mol. The molecule has 1 aliphatic heterocycles. The average molecular weight is 344 g/mol. The van der Waals surface area contributed by atoms with Crippen LogP contribution in [0, 0.1) is 5.82 Å². The molecule has 1 heterocycles. The van der Waals surface area contributed by atoms with Crippen LogP contribution in [-0.4, -0.2) is 57.2 Å². The van der Waals surface area contributed by atoms with E-state index < -0.39 is 15.8 Å². The fourth-order valence-corrected chi connectivity index (χ4v) is 3.87. The number of carbonyl (C=O) groups is 1. The monoisotopic (exact) mass is 344 g/mol. The van der Waals surface area contributed by atoms with Gasteiger partial charge in [-0.1, -0.05) is 0 Å². The second-order valence-electron chi connectivity index (χ2n) is 5.46. The lowest BCUT2D eigenvalue weighted by Gasteiger charge is -2.31. The van der Waals surface area contributed by atoms with E-state index in [2.05, 4.69) is 5.32 Å². The van der Waals surface area contributed by atoms with Crippen molar-refractivity contribution in [1.29, 1.82) is 0 Å². The molecule has 0 unspecified atom stereocenters. The zero-order valence-corrected chi connectivity index (χ0v) is 13.8. The van der Waals surface area contributed by atoms with Crippen LogP contribution >= 0.6 is 0 Å². The van der Waals surface area contributed by atoms with Gasteiger partial charge < -0.3 is 10.1 Å². The lowest BCUT2D eigenvalue weighted by Crippen LogP contribution is -2.47. The van der Waals surface area contributed by atoms with Crippen molar-refractivity contribution in [3.63, 3.8) is 0 Å². The van der Waals surface area contributed by atoms with Gasteiger partial charge in [0.05, 0.1) is 12.4 Å². The molecule has 8 heteroatoms. The number of hydrogen-bond acceptors (Lipinski definition) is 4. The maximum atomic E-state index is 12.8. The van der Waals surface area contributed by atoms with Gasteiger partial charge in [-0.25, -0.2) is 17.1 Å². The van der Waals surface area contributed by atoms with Crippen LogP contribution in [0.4, 0.5) is 4.39 Å². The molecule has 1 aromatic rings. The van der Waals surface area contributed by atoms with E-state index in [-0.39, 0.29) is 24.3 Å². The van der Waals surface area contributed by atoms with Crippen molar-refractivity contribution in [3.05, 3.63) is 35.6 Å². The Balaban J connectivity index is 1.85. The normalized spacial score (nSPS) is 17.1. The van der Waals surface area contributed by atoms with Crippen LogP contribution in [0.5, 0.6) is 0 Å². The summed E-state index contributed by atoms with van der Waals surface area (Å²) < 4.78 is 43.2. The van der Waals surface area contributed by atoms with E-state index in [9.17, 15) is 17.6 Å². The highest BCUT2D eigenvalue weighted by Gasteiger charge is 2.28. The first-order chi connectivity index (χ1) is 10.9. The summed E-state index contributed by atoms with van der Waals surface area (Å²) in [5.74, 6) is -0.697. The second-order valence-corrected chi connectivity index (χ2v) is 7.55. The molecule has 0 bridgehead atoms. The third kappa shape index (κ3) is 4.98. The van der Waals surface area contributed by atoms with Gasteiger partial charge in [0.2, 0.25) is 10.0 Å². The largest absolute Gasteiger partial charge is 0.384 e. The number of rotatable bonds is 6. The molecule has 23 heavy (non-hydrogen) atoms. The number of halogens is 1. The Labute approximate surface area is 135 Å². The number of methoxy groups -OCH3 is 1. The molecule has 0 aliphatic carbocycles. The van der Waals surface area contributed by atoms with Gasteiger partial charge in [0.1, 0.15) is 5.82 Å². The van der Waals surface area contributed by atoms with Gasteiger partial charge >= 0.3 is 0 Å². The number of sulfonamides is 1. The maximum absolute atomic E-state index is 12.8. The smallest absolute Gasteiger partial charge is 0.251 e. The molecule has 0 spiro atoms. The summed E-state index contributed by atoms with van der Waals surface area (Å²) in [6, 6.07) is 5.24. The maximum Gasteiger partial charge on any atom is 0.251 e. The molecule has 1 saturated heterocycles. The van der Waals surface area contributed by atoms with Crippen molar-refractivity contribution < 1.29 is 22.3 Å². The van der Waals surface area contributed by atoms with Crippen molar-refractivity contribution in [2.75, 3.05) is 32.6 Å². The molecule has 1 N–H and O–H groups in total. The summed E-state index contributed by atoms with van der Waals surface area (Å²) in [6.45, 7) is 0.921. The summed E-state index contributed by atoms with van der Waals surface area (Å²) in [5.41, 5.74) is 0.390. The molecule has 0 radical (unpaired) electrons. The first-order valence-electron chi connectivity index (χ1n) is 7.45. The van der Waals surface area contributed by atoms with Crippen molar-refractivity contribution in [2.24, 2.45) is 0 Å². The number of nitrogens with zero attached hydrogens (tertiary/aromatic N) is 1. The van der Waals surface area contributed by atoms with E-state index in [4.69, 9.17) is 4.74 Å². The number of hydrogen-bond donors (Lipinski definition) is 1. The fraction of sp³-hybridized carbons (Fsp3) is 0.533. The van der Waals surface area contributed by atoms with E-state index in [1.165, 1.54) is 35.7 Å². The van der Waals surface area contributed by atoms with Gasteiger partial charge in [-0.05, 0) is 37.1 Å². The van der Waals surface area contributed by atoms with Gasteiger partial charge in [0.15, 0.2) is 0 Å². The predicted octanol–water partition coefficient (Wildman–Crippen LogP) is 0.996. The second kappa shape index (κ2) is 7.85. The van der Waals surface area contributed by atoms with Crippen molar-refractivity contribution in [1.82, 2.24) is 9.62 Å². The van der Waals surface area contributed by atoms with Crippen molar-refractivity contribution in [2.45, 2.75) is 18.9 Å². The molecule has 1 aliphatic rings. The van der Waals surface area contributed by atoms with Gasteiger partial charge in [0.25, 0.3) is 5.91 Å². The van der Waals surface area contributed by atoms with E-state index in [1.54, 1.807) is 0 Å². The average Bonchev–Trinajstić information content (AvgIpc) is 2.54. The molecular formula is C15H21FN2O4S. The van der Waals surface area contributed by atoms with E-state index in [0.717, 1.165) is 0 Å². The Hall–Kier alpha value is -1.51.